The number of pyridine rings is 1. The second-order valence-electron chi connectivity index (χ2n) is 7.78. The molecular formula is C22H19N3O6. The standard InChI is InChI=1S/C22H19N3O6/c1-30-14-4-2-12-9-25(20(28)15(12)6-14)11-22(8-19(27)24-21(22)29)18-7-16-17(31-18)5-3-13(10-26)23-16/h2-7,26H,8-11H2,1H3,(H,24,27,29)/t22-/m1/s1. The number of methoxy groups -OCH3 is 1. The van der Waals surface area contributed by atoms with Gasteiger partial charge < -0.3 is 19.2 Å². The smallest absolute Gasteiger partial charge is 0.254 e. The summed E-state index contributed by atoms with van der Waals surface area (Å²) in [6, 6.07) is 10.1. The third-order valence-electron chi connectivity index (χ3n) is 5.87. The molecule has 1 fully saturated rings. The average molecular weight is 421 g/mol. The summed E-state index contributed by atoms with van der Waals surface area (Å²) in [6.07, 6.45) is -0.137. The topological polar surface area (TPSA) is 122 Å². The molecule has 2 aliphatic heterocycles. The Hall–Kier alpha value is -3.72. The molecule has 1 saturated heterocycles. The number of ether oxygens (including phenoxy) is 1. The van der Waals surface area contributed by atoms with E-state index >= 15 is 0 Å². The predicted octanol–water partition coefficient (Wildman–Crippen LogP) is 1.27. The molecule has 0 bridgehead atoms. The summed E-state index contributed by atoms with van der Waals surface area (Å²) in [5.74, 6) is -0.354. The Morgan fingerprint density at radius 3 is 2.77 bits per heavy atom. The second-order valence-corrected chi connectivity index (χ2v) is 7.78. The lowest BCUT2D eigenvalue weighted by Crippen LogP contribution is -2.46. The van der Waals surface area contributed by atoms with Gasteiger partial charge in [0.2, 0.25) is 11.8 Å². The van der Waals surface area contributed by atoms with Gasteiger partial charge in [0, 0.05) is 24.7 Å². The van der Waals surface area contributed by atoms with E-state index in [-0.39, 0.29) is 31.2 Å². The molecule has 0 saturated carbocycles. The highest BCUT2D eigenvalue weighted by atomic mass is 16.5. The summed E-state index contributed by atoms with van der Waals surface area (Å²) in [6.45, 7) is 0.0617. The Balaban J connectivity index is 1.54. The van der Waals surface area contributed by atoms with Crippen molar-refractivity contribution in [3.8, 4) is 5.75 Å². The molecule has 2 aromatic heterocycles. The molecule has 9 nitrogen and oxygen atoms in total. The highest BCUT2D eigenvalue weighted by molar-refractivity contribution is 6.09. The molecule has 0 unspecified atom stereocenters. The lowest BCUT2D eigenvalue weighted by Gasteiger charge is -2.28. The molecular weight excluding hydrogens is 402 g/mol. The number of furan rings is 1. The quantitative estimate of drug-likeness (QED) is 0.595. The van der Waals surface area contributed by atoms with Crippen molar-refractivity contribution in [1.29, 1.82) is 0 Å². The molecule has 5 rings (SSSR count). The lowest BCUT2D eigenvalue weighted by molar-refractivity contribution is -0.127. The number of hydrogen-bond donors (Lipinski definition) is 2. The number of aliphatic hydroxyl groups excluding tert-OH is 1. The molecule has 9 heteroatoms. The van der Waals surface area contributed by atoms with Crippen LogP contribution in [-0.4, -0.2) is 46.4 Å². The molecule has 2 N–H and O–H groups in total. The lowest BCUT2D eigenvalue weighted by atomic mass is 9.82. The van der Waals surface area contributed by atoms with Crippen molar-refractivity contribution in [1.82, 2.24) is 15.2 Å². The number of nitrogens with one attached hydrogen (secondary N) is 1. The Morgan fingerprint density at radius 1 is 1.23 bits per heavy atom. The van der Waals surface area contributed by atoms with Crippen LogP contribution in [-0.2, 0) is 28.2 Å². The van der Waals surface area contributed by atoms with E-state index in [2.05, 4.69) is 10.3 Å². The van der Waals surface area contributed by atoms with Crippen LogP contribution in [0.15, 0.2) is 40.8 Å². The predicted molar refractivity (Wildman–Crippen MR) is 107 cm³/mol. The maximum atomic E-state index is 13.1. The fourth-order valence-corrected chi connectivity index (χ4v) is 4.26. The van der Waals surface area contributed by atoms with Crippen LogP contribution in [0, 0.1) is 0 Å². The molecule has 1 atom stereocenters. The van der Waals surface area contributed by atoms with Crippen molar-refractivity contribution in [2.45, 2.75) is 25.0 Å². The molecule has 158 valence electrons. The Labute approximate surface area is 176 Å². The molecule has 31 heavy (non-hydrogen) atoms. The Bertz CT molecular complexity index is 1250. The largest absolute Gasteiger partial charge is 0.497 e. The summed E-state index contributed by atoms with van der Waals surface area (Å²) in [5.41, 5.74) is 1.33. The highest BCUT2D eigenvalue weighted by Crippen LogP contribution is 2.39. The monoisotopic (exact) mass is 421 g/mol. The number of imide groups is 1. The average Bonchev–Trinajstić information content (AvgIpc) is 3.41. The van der Waals surface area contributed by atoms with E-state index in [1.54, 1.807) is 35.2 Å². The van der Waals surface area contributed by atoms with Gasteiger partial charge in [0.1, 0.15) is 22.4 Å². The number of fused-ring (bicyclic) bond motifs is 2. The van der Waals surface area contributed by atoms with Crippen LogP contribution < -0.4 is 10.1 Å². The number of amides is 3. The number of aliphatic hydroxyl groups is 1. The zero-order valence-corrected chi connectivity index (χ0v) is 16.7. The van der Waals surface area contributed by atoms with Crippen molar-refractivity contribution in [2.75, 3.05) is 13.7 Å². The fourth-order valence-electron chi connectivity index (χ4n) is 4.26. The van der Waals surface area contributed by atoms with Crippen LogP contribution in [0.2, 0.25) is 0 Å². The van der Waals surface area contributed by atoms with E-state index in [9.17, 15) is 19.5 Å². The van der Waals surface area contributed by atoms with Gasteiger partial charge in [-0.2, -0.15) is 0 Å². The van der Waals surface area contributed by atoms with Gasteiger partial charge in [0.15, 0.2) is 5.58 Å². The van der Waals surface area contributed by atoms with Crippen LogP contribution >= 0.6 is 0 Å². The van der Waals surface area contributed by atoms with Gasteiger partial charge in [-0.05, 0) is 29.8 Å². The third kappa shape index (κ3) is 2.97. The van der Waals surface area contributed by atoms with E-state index < -0.39 is 17.2 Å². The minimum Gasteiger partial charge on any atom is -0.497 e. The Kier molecular flexibility index (Phi) is 4.30. The number of benzene rings is 1. The van der Waals surface area contributed by atoms with Crippen LogP contribution in [0.4, 0.5) is 0 Å². The number of hydrogen-bond acceptors (Lipinski definition) is 7. The maximum Gasteiger partial charge on any atom is 0.254 e. The van der Waals surface area contributed by atoms with Crippen molar-refractivity contribution >= 4 is 28.8 Å². The van der Waals surface area contributed by atoms with Gasteiger partial charge in [-0.3, -0.25) is 19.7 Å². The van der Waals surface area contributed by atoms with Crippen molar-refractivity contribution in [3.05, 3.63) is 59.0 Å². The van der Waals surface area contributed by atoms with Crippen LogP contribution in [0.1, 0.15) is 33.8 Å². The second kappa shape index (κ2) is 6.92. The number of rotatable bonds is 5. The van der Waals surface area contributed by atoms with E-state index in [1.165, 1.54) is 7.11 Å². The summed E-state index contributed by atoms with van der Waals surface area (Å²) < 4.78 is 11.1. The first-order valence-corrected chi connectivity index (χ1v) is 9.75. The summed E-state index contributed by atoms with van der Waals surface area (Å²) in [7, 11) is 1.53. The van der Waals surface area contributed by atoms with Gasteiger partial charge >= 0.3 is 0 Å². The van der Waals surface area contributed by atoms with Gasteiger partial charge in [-0.15, -0.1) is 0 Å². The molecule has 0 radical (unpaired) electrons. The summed E-state index contributed by atoms with van der Waals surface area (Å²) in [5, 5.41) is 11.7. The first kappa shape index (κ1) is 19.3. The molecule has 0 spiro atoms. The van der Waals surface area contributed by atoms with Crippen LogP contribution in [0.25, 0.3) is 11.1 Å². The number of carbonyl (C=O) groups excluding carboxylic acids is 3. The molecule has 4 heterocycles. The van der Waals surface area contributed by atoms with Crippen molar-refractivity contribution < 1.29 is 28.6 Å². The van der Waals surface area contributed by atoms with Gasteiger partial charge in [-0.1, -0.05) is 6.07 Å². The maximum absolute atomic E-state index is 13.1. The number of aromatic nitrogens is 1. The van der Waals surface area contributed by atoms with Gasteiger partial charge in [0.05, 0.1) is 25.8 Å². The summed E-state index contributed by atoms with van der Waals surface area (Å²) in [4.78, 5) is 44.0. The molecule has 2 aliphatic rings. The van der Waals surface area contributed by atoms with E-state index in [0.717, 1.165) is 5.56 Å². The van der Waals surface area contributed by atoms with E-state index in [4.69, 9.17) is 9.15 Å². The number of nitrogens with zero attached hydrogens (tertiary/aromatic N) is 2. The third-order valence-corrected chi connectivity index (χ3v) is 5.87. The normalized spacial score (nSPS) is 20.5. The minimum atomic E-state index is -1.36. The SMILES string of the molecule is COc1ccc2c(c1)C(=O)N(C[C@@]1(c3cc4nc(CO)ccc4o3)CC(=O)NC1=O)C2. The minimum absolute atomic E-state index is 0.0208. The molecule has 1 aromatic carbocycles. The molecule has 0 aliphatic carbocycles. The molecule has 3 aromatic rings. The zero-order chi connectivity index (χ0) is 21.8. The highest BCUT2D eigenvalue weighted by Gasteiger charge is 2.53. The molecule has 3 amide bonds. The first-order valence-electron chi connectivity index (χ1n) is 9.75. The van der Waals surface area contributed by atoms with Crippen LogP contribution in [0.3, 0.4) is 0 Å². The first-order chi connectivity index (χ1) is 14.9. The number of carbonyl (C=O) groups is 3. The van der Waals surface area contributed by atoms with Crippen LogP contribution in [0.5, 0.6) is 5.75 Å². The van der Waals surface area contributed by atoms with Gasteiger partial charge in [0.25, 0.3) is 5.91 Å². The zero-order valence-electron chi connectivity index (χ0n) is 16.7. The Morgan fingerprint density at radius 2 is 2.06 bits per heavy atom. The van der Waals surface area contributed by atoms with E-state index in [1.807, 2.05) is 6.07 Å². The fraction of sp³-hybridized carbons (Fsp3) is 0.273. The van der Waals surface area contributed by atoms with Crippen molar-refractivity contribution in [2.24, 2.45) is 0 Å². The van der Waals surface area contributed by atoms with E-state index in [0.29, 0.717) is 34.7 Å². The van der Waals surface area contributed by atoms with Gasteiger partial charge in [-0.25, -0.2) is 4.98 Å². The van der Waals surface area contributed by atoms with Crippen molar-refractivity contribution in [3.63, 3.8) is 0 Å². The summed E-state index contributed by atoms with van der Waals surface area (Å²) >= 11 is 0.